The summed E-state index contributed by atoms with van der Waals surface area (Å²) in [5.41, 5.74) is 2.20. The van der Waals surface area contributed by atoms with E-state index >= 15 is 0 Å². The second kappa shape index (κ2) is 5.26. The van der Waals surface area contributed by atoms with Crippen LogP contribution in [0.15, 0.2) is 29.4 Å². The molecule has 0 fully saturated rings. The van der Waals surface area contributed by atoms with Crippen molar-refractivity contribution in [1.82, 2.24) is 5.48 Å². The van der Waals surface area contributed by atoms with Crippen molar-refractivity contribution in [2.45, 2.75) is 13.8 Å². The zero-order valence-corrected chi connectivity index (χ0v) is 7.13. The van der Waals surface area contributed by atoms with Crippen LogP contribution < -0.4 is 5.48 Å². The molecule has 4 nitrogen and oxygen atoms in total. The van der Waals surface area contributed by atoms with Gasteiger partial charge >= 0.3 is 0 Å². The van der Waals surface area contributed by atoms with E-state index in [-0.39, 0.29) is 5.57 Å². The quantitative estimate of drug-likeness (QED) is 0.296. The molecule has 12 heavy (non-hydrogen) atoms. The summed E-state index contributed by atoms with van der Waals surface area (Å²) in [6, 6.07) is 0. The van der Waals surface area contributed by atoms with Crippen molar-refractivity contribution in [2.75, 3.05) is 0 Å². The zero-order chi connectivity index (χ0) is 9.56. The van der Waals surface area contributed by atoms with Gasteiger partial charge < -0.3 is 10.7 Å². The van der Waals surface area contributed by atoms with Crippen molar-refractivity contribution < 1.29 is 4.79 Å². The summed E-state index contributed by atoms with van der Waals surface area (Å²) >= 11 is 0. The van der Waals surface area contributed by atoms with Gasteiger partial charge in [0, 0.05) is 11.9 Å². The number of amides is 1. The van der Waals surface area contributed by atoms with Gasteiger partial charge in [-0.25, -0.2) is 0 Å². The number of nitrogens with one attached hydrogen (secondary N) is 1. The predicted molar refractivity (Wildman–Crippen MR) is 48.6 cm³/mol. The summed E-state index contributed by atoms with van der Waals surface area (Å²) in [4.78, 5) is 14.6. The molecule has 4 heteroatoms. The van der Waals surface area contributed by atoms with Crippen LogP contribution in [0, 0.1) is 5.21 Å². The van der Waals surface area contributed by atoms with E-state index in [2.05, 4.69) is 11.6 Å². The van der Waals surface area contributed by atoms with Crippen LogP contribution in [0.2, 0.25) is 0 Å². The first kappa shape index (κ1) is 10.6. The summed E-state index contributed by atoms with van der Waals surface area (Å²) < 4.78 is 0. The van der Waals surface area contributed by atoms with Gasteiger partial charge in [0.05, 0.1) is 5.57 Å². The summed E-state index contributed by atoms with van der Waals surface area (Å²) in [5.74, 6) is -0.727. The molecule has 0 aliphatic rings. The number of nitrogens with zero attached hydrogens (tertiary/aromatic N) is 1. The summed E-state index contributed by atoms with van der Waals surface area (Å²) in [7, 11) is 0. The lowest BCUT2D eigenvalue weighted by atomic mass is 10.3. The molecule has 0 spiro atoms. The third kappa shape index (κ3) is 3.68. The maximum Gasteiger partial charge on any atom is 0.242 e. The van der Waals surface area contributed by atoms with Crippen molar-refractivity contribution >= 4 is 11.6 Å². The Labute approximate surface area is 71.3 Å². The Bertz CT molecular complexity index is 237. The first-order valence-electron chi connectivity index (χ1n) is 3.38. The van der Waals surface area contributed by atoms with Crippen molar-refractivity contribution in [3.63, 3.8) is 0 Å². The molecule has 0 aromatic heterocycles. The Morgan fingerprint density at radius 2 is 2.17 bits per heavy atom. The lowest BCUT2D eigenvalue weighted by molar-refractivity contribution is -0.116. The second-order valence-electron chi connectivity index (χ2n) is 2.30. The second-order valence-corrected chi connectivity index (χ2v) is 2.30. The van der Waals surface area contributed by atoms with Crippen LogP contribution in [0.1, 0.15) is 13.8 Å². The minimum absolute atomic E-state index is 0.159. The van der Waals surface area contributed by atoms with Gasteiger partial charge in [-0.3, -0.25) is 9.79 Å². The molecule has 0 rings (SSSR count). The molecule has 66 valence electrons. The highest BCUT2D eigenvalue weighted by molar-refractivity contribution is 5.96. The fourth-order valence-electron chi connectivity index (χ4n) is 0.462. The molecule has 0 aromatic rings. The van der Waals surface area contributed by atoms with Crippen LogP contribution in [0.25, 0.3) is 0 Å². The Morgan fingerprint density at radius 1 is 1.58 bits per heavy atom. The van der Waals surface area contributed by atoms with Gasteiger partial charge in [0.15, 0.2) is 0 Å². The van der Waals surface area contributed by atoms with E-state index in [1.165, 1.54) is 17.8 Å². The Kier molecular flexibility index (Phi) is 4.64. The monoisotopic (exact) mass is 167 g/mol. The number of rotatable bonds is 3. The molecule has 1 amide bonds. The van der Waals surface area contributed by atoms with Crippen LogP contribution in [0.4, 0.5) is 0 Å². The fraction of sp³-hybridized carbons (Fsp3) is 0.250. The van der Waals surface area contributed by atoms with Crippen molar-refractivity contribution in [1.29, 1.82) is 0 Å². The van der Waals surface area contributed by atoms with Gasteiger partial charge in [0.1, 0.15) is 0 Å². The van der Waals surface area contributed by atoms with Gasteiger partial charge in [-0.1, -0.05) is 12.7 Å². The normalized spacial score (nSPS) is 10.4. The molecule has 1 N–H and O–H groups in total. The third-order valence-corrected chi connectivity index (χ3v) is 1.04. The van der Waals surface area contributed by atoms with Gasteiger partial charge in [-0.05, 0) is 13.8 Å². The maximum absolute atomic E-state index is 10.7. The SMILES string of the molecule is C=C/C(=C\N=C(C)C)C(=O)N[O-]. The smallest absolute Gasteiger partial charge is 0.242 e. The molecule has 0 bridgehead atoms. The number of hydroxylamine groups is 1. The van der Waals surface area contributed by atoms with E-state index in [0.717, 1.165) is 5.71 Å². The highest BCUT2D eigenvalue weighted by Crippen LogP contribution is 1.96. The molecule has 0 unspecified atom stereocenters. The summed E-state index contributed by atoms with van der Waals surface area (Å²) in [6.45, 7) is 6.94. The molecular weight excluding hydrogens is 156 g/mol. The van der Waals surface area contributed by atoms with Gasteiger partial charge in [0.2, 0.25) is 5.91 Å². The van der Waals surface area contributed by atoms with E-state index in [1.807, 2.05) is 0 Å². The van der Waals surface area contributed by atoms with Gasteiger partial charge in [-0.2, -0.15) is 0 Å². The van der Waals surface area contributed by atoms with Gasteiger partial charge in [0.25, 0.3) is 0 Å². The molecule has 0 atom stereocenters. The molecule has 0 saturated heterocycles. The van der Waals surface area contributed by atoms with Crippen molar-refractivity contribution in [2.24, 2.45) is 4.99 Å². The Balaban J connectivity index is 4.55. The van der Waals surface area contributed by atoms with Crippen LogP contribution in [0.3, 0.4) is 0 Å². The van der Waals surface area contributed by atoms with E-state index in [9.17, 15) is 10.0 Å². The molecule has 0 aliphatic carbocycles. The van der Waals surface area contributed by atoms with Crippen LogP contribution in [0.5, 0.6) is 0 Å². The zero-order valence-electron chi connectivity index (χ0n) is 7.13. The van der Waals surface area contributed by atoms with Gasteiger partial charge in [-0.15, -0.1) is 0 Å². The molecule has 0 saturated carbocycles. The Morgan fingerprint density at radius 3 is 2.50 bits per heavy atom. The number of carbonyl (C=O) groups is 1. The van der Waals surface area contributed by atoms with Crippen LogP contribution >= 0.6 is 0 Å². The predicted octanol–water partition coefficient (Wildman–Crippen LogP) is 1.15. The van der Waals surface area contributed by atoms with Crippen molar-refractivity contribution in [3.05, 3.63) is 29.6 Å². The van der Waals surface area contributed by atoms with E-state index in [0.29, 0.717) is 0 Å². The first-order valence-corrected chi connectivity index (χ1v) is 3.38. The highest BCUT2D eigenvalue weighted by atomic mass is 16.5. The third-order valence-electron chi connectivity index (χ3n) is 1.04. The molecule has 0 radical (unpaired) electrons. The molecule has 0 aromatic carbocycles. The number of hydrogen-bond acceptors (Lipinski definition) is 3. The standard InChI is InChI=1S/C8H11N2O2/c1-4-7(8(11)10-12)5-9-6(2)3/h4-5H,1H2,2-3H3,(H-,10,11,12)/q-1/b7-5+. The van der Waals surface area contributed by atoms with E-state index < -0.39 is 5.91 Å². The number of hydrogen-bond donors (Lipinski definition) is 1. The first-order chi connectivity index (χ1) is 5.61. The minimum Gasteiger partial charge on any atom is -0.759 e. The average Bonchev–Trinajstić information content (AvgIpc) is 2.04. The van der Waals surface area contributed by atoms with E-state index in [4.69, 9.17) is 0 Å². The maximum atomic E-state index is 10.7. The minimum atomic E-state index is -0.727. The molecule has 0 heterocycles. The van der Waals surface area contributed by atoms with E-state index in [1.54, 1.807) is 13.8 Å². The van der Waals surface area contributed by atoms with Crippen LogP contribution in [-0.2, 0) is 4.79 Å². The lowest BCUT2D eigenvalue weighted by Gasteiger charge is -2.06. The Hall–Kier alpha value is -1.42. The lowest BCUT2D eigenvalue weighted by Crippen LogP contribution is -2.16. The number of carbonyl (C=O) groups excluding carboxylic acids is 1. The largest absolute Gasteiger partial charge is 0.759 e. The topological polar surface area (TPSA) is 64.5 Å². The molecule has 0 aliphatic heterocycles. The summed E-state index contributed by atoms with van der Waals surface area (Å²) in [5, 5.41) is 9.94. The average molecular weight is 167 g/mol. The highest BCUT2D eigenvalue weighted by Gasteiger charge is 1.98. The fourth-order valence-corrected chi connectivity index (χ4v) is 0.462. The van der Waals surface area contributed by atoms with Crippen LogP contribution in [-0.4, -0.2) is 11.6 Å². The number of aliphatic imine (C=N–C) groups is 1. The summed E-state index contributed by atoms with van der Waals surface area (Å²) in [6.07, 6.45) is 2.58. The molecular formula is C8H11N2O2-. The van der Waals surface area contributed by atoms with Crippen molar-refractivity contribution in [3.8, 4) is 0 Å².